The van der Waals surface area contributed by atoms with Crippen LogP contribution in [0.3, 0.4) is 0 Å². The number of rotatable bonds is 4. The normalized spacial score (nSPS) is 10.7. The van der Waals surface area contributed by atoms with Crippen LogP contribution in [0.15, 0.2) is 6.07 Å². The number of carbonyl (C=O) groups is 1. The van der Waals surface area contributed by atoms with Crippen LogP contribution in [0, 0.1) is 6.92 Å². The average molecular weight is 244 g/mol. The largest absolute Gasteiger partial charge is 0.469 e. The molecule has 1 aromatic heterocycles. The van der Waals surface area contributed by atoms with E-state index in [9.17, 15) is 13.6 Å². The van der Waals surface area contributed by atoms with Crippen molar-refractivity contribution >= 4 is 5.97 Å². The lowest BCUT2D eigenvalue weighted by Gasteiger charge is -2.13. The number of esters is 1. The zero-order chi connectivity index (χ0) is 13.0. The zero-order valence-corrected chi connectivity index (χ0v) is 9.67. The van der Waals surface area contributed by atoms with Gasteiger partial charge in [-0.15, -0.1) is 0 Å². The predicted molar refractivity (Wildman–Crippen MR) is 57.5 cm³/mol. The molecule has 0 amide bonds. The van der Waals surface area contributed by atoms with Gasteiger partial charge in [0, 0.05) is 12.2 Å². The summed E-state index contributed by atoms with van der Waals surface area (Å²) in [7, 11) is 1.20. The van der Waals surface area contributed by atoms with Crippen molar-refractivity contribution in [3.63, 3.8) is 0 Å². The van der Waals surface area contributed by atoms with E-state index in [2.05, 4.69) is 9.72 Å². The molecule has 0 unspecified atom stereocenters. The van der Waals surface area contributed by atoms with E-state index in [-0.39, 0.29) is 18.5 Å². The summed E-state index contributed by atoms with van der Waals surface area (Å²) in [4.78, 5) is 14.9. The minimum atomic E-state index is -2.74. The van der Waals surface area contributed by atoms with Gasteiger partial charge in [0.15, 0.2) is 0 Å². The molecule has 4 nitrogen and oxygen atoms in total. The Labute approximate surface area is 97.8 Å². The number of aromatic nitrogens is 1. The van der Waals surface area contributed by atoms with Crippen LogP contribution in [-0.4, -0.2) is 18.1 Å². The fourth-order valence-electron chi connectivity index (χ4n) is 1.58. The Bertz CT molecular complexity index is 422. The summed E-state index contributed by atoms with van der Waals surface area (Å²) < 4.78 is 30.1. The lowest BCUT2D eigenvalue weighted by atomic mass is 10.0. The number of hydrogen-bond acceptors (Lipinski definition) is 4. The van der Waals surface area contributed by atoms with Crippen molar-refractivity contribution < 1.29 is 18.3 Å². The number of hydrogen-bond donors (Lipinski definition) is 1. The van der Waals surface area contributed by atoms with Gasteiger partial charge in [0.25, 0.3) is 6.43 Å². The Morgan fingerprint density at radius 2 is 2.24 bits per heavy atom. The van der Waals surface area contributed by atoms with E-state index < -0.39 is 18.1 Å². The van der Waals surface area contributed by atoms with E-state index in [0.29, 0.717) is 11.3 Å². The number of alkyl halides is 2. The van der Waals surface area contributed by atoms with Gasteiger partial charge in [0.2, 0.25) is 0 Å². The van der Waals surface area contributed by atoms with Crippen molar-refractivity contribution in [3.8, 4) is 0 Å². The Morgan fingerprint density at radius 3 is 2.71 bits per heavy atom. The molecule has 1 aromatic rings. The quantitative estimate of drug-likeness (QED) is 0.815. The second-order valence-electron chi connectivity index (χ2n) is 3.54. The van der Waals surface area contributed by atoms with Gasteiger partial charge in [-0.2, -0.15) is 0 Å². The average Bonchev–Trinajstić information content (AvgIpc) is 2.30. The second kappa shape index (κ2) is 5.67. The summed E-state index contributed by atoms with van der Waals surface area (Å²) in [5.74, 6) is -0.591. The molecule has 0 saturated carbocycles. The molecule has 0 atom stereocenters. The number of ether oxygens (including phenoxy) is 1. The third-order valence-electron chi connectivity index (χ3n) is 2.35. The monoisotopic (exact) mass is 244 g/mol. The highest BCUT2D eigenvalue weighted by atomic mass is 19.3. The second-order valence-corrected chi connectivity index (χ2v) is 3.54. The molecule has 0 aliphatic carbocycles. The van der Waals surface area contributed by atoms with Gasteiger partial charge in [-0.05, 0) is 24.1 Å². The molecule has 0 bridgehead atoms. The van der Waals surface area contributed by atoms with Crippen molar-refractivity contribution in [2.75, 3.05) is 7.11 Å². The van der Waals surface area contributed by atoms with Gasteiger partial charge in [0.1, 0.15) is 5.69 Å². The standard InChI is InChI=1S/C11H14F2N2O2/c1-6-3-7(5-14)8(4-9(16)17-2)10(15-6)11(12)13/h3,11H,4-5,14H2,1-2H3. The first-order valence-corrected chi connectivity index (χ1v) is 5.04. The Balaban J connectivity index is 3.26. The maximum Gasteiger partial charge on any atom is 0.310 e. The van der Waals surface area contributed by atoms with Gasteiger partial charge >= 0.3 is 5.97 Å². The van der Waals surface area contributed by atoms with Crippen molar-refractivity contribution in [1.29, 1.82) is 0 Å². The molecular formula is C11H14F2N2O2. The van der Waals surface area contributed by atoms with Gasteiger partial charge in [-0.1, -0.05) is 0 Å². The van der Waals surface area contributed by atoms with Crippen molar-refractivity contribution in [2.45, 2.75) is 26.3 Å². The molecule has 0 fully saturated rings. The zero-order valence-electron chi connectivity index (χ0n) is 9.67. The third-order valence-corrected chi connectivity index (χ3v) is 2.35. The van der Waals surface area contributed by atoms with Crippen molar-refractivity contribution in [3.05, 3.63) is 28.6 Å². The summed E-state index contributed by atoms with van der Waals surface area (Å²) in [6, 6.07) is 1.60. The summed E-state index contributed by atoms with van der Waals surface area (Å²) >= 11 is 0. The molecule has 1 heterocycles. The van der Waals surface area contributed by atoms with E-state index in [1.54, 1.807) is 13.0 Å². The number of halogens is 2. The van der Waals surface area contributed by atoms with Crippen LogP contribution in [0.25, 0.3) is 0 Å². The highest BCUT2D eigenvalue weighted by Crippen LogP contribution is 2.25. The molecule has 6 heteroatoms. The third kappa shape index (κ3) is 3.20. The summed E-state index contributed by atoms with van der Waals surface area (Å²) in [6.07, 6.45) is -2.98. The molecule has 0 aromatic carbocycles. The van der Waals surface area contributed by atoms with E-state index in [0.717, 1.165) is 0 Å². The summed E-state index contributed by atoms with van der Waals surface area (Å²) in [6.45, 7) is 1.68. The van der Waals surface area contributed by atoms with Crippen LogP contribution in [0.2, 0.25) is 0 Å². The Morgan fingerprint density at radius 1 is 1.59 bits per heavy atom. The van der Waals surface area contributed by atoms with Gasteiger partial charge in [0.05, 0.1) is 13.5 Å². The molecule has 0 saturated heterocycles. The summed E-state index contributed by atoms with van der Waals surface area (Å²) in [5.41, 5.74) is 6.21. The molecule has 17 heavy (non-hydrogen) atoms. The van der Waals surface area contributed by atoms with Gasteiger partial charge in [-0.3, -0.25) is 9.78 Å². The van der Waals surface area contributed by atoms with E-state index in [1.807, 2.05) is 0 Å². The van der Waals surface area contributed by atoms with Crippen LogP contribution < -0.4 is 5.73 Å². The first-order chi connectivity index (χ1) is 7.99. The number of nitrogens with two attached hydrogens (primary N) is 1. The highest BCUT2D eigenvalue weighted by molar-refractivity contribution is 5.73. The fraction of sp³-hybridized carbons (Fsp3) is 0.455. The number of methoxy groups -OCH3 is 1. The molecule has 0 radical (unpaired) electrons. The van der Waals surface area contributed by atoms with Crippen LogP contribution in [0.4, 0.5) is 8.78 Å². The van der Waals surface area contributed by atoms with Crippen LogP contribution >= 0.6 is 0 Å². The maximum atomic E-state index is 12.8. The molecule has 2 N–H and O–H groups in total. The highest BCUT2D eigenvalue weighted by Gasteiger charge is 2.20. The number of nitrogens with zero attached hydrogens (tertiary/aromatic N) is 1. The number of pyridine rings is 1. The Hall–Kier alpha value is -1.56. The van der Waals surface area contributed by atoms with E-state index in [1.165, 1.54) is 7.11 Å². The van der Waals surface area contributed by atoms with Crippen LogP contribution in [0.5, 0.6) is 0 Å². The van der Waals surface area contributed by atoms with Crippen LogP contribution in [0.1, 0.15) is 28.9 Å². The van der Waals surface area contributed by atoms with Crippen molar-refractivity contribution in [1.82, 2.24) is 4.98 Å². The topological polar surface area (TPSA) is 65.2 Å². The first kappa shape index (κ1) is 13.5. The lowest BCUT2D eigenvalue weighted by Crippen LogP contribution is -2.14. The SMILES string of the molecule is COC(=O)Cc1c(CN)cc(C)nc1C(F)F. The van der Waals surface area contributed by atoms with Gasteiger partial charge in [-0.25, -0.2) is 8.78 Å². The molecule has 94 valence electrons. The summed E-state index contributed by atoms with van der Waals surface area (Å²) in [5, 5.41) is 0. The molecule has 1 rings (SSSR count). The predicted octanol–water partition coefficient (Wildman–Crippen LogP) is 1.50. The van der Waals surface area contributed by atoms with Crippen LogP contribution in [-0.2, 0) is 22.5 Å². The minimum absolute atomic E-state index is 0.0788. The molecular weight excluding hydrogens is 230 g/mol. The Kier molecular flexibility index (Phi) is 4.51. The van der Waals surface area contributed by atoms with Gasteiger partial charge < -0.3 is 10.5 Å². The van der Waals surface area contributed by atoms with E-state index in [4.69, 9.17) is 5.73 Å². The minimum Gasteiger partial charge on any atom is -0.469 e. The smallest absolute Gasteiger partial charge is 0.310 e. The lowest BCUT2D eigenvalue weighted by molar-refractivity contribution is -0.139. The fourth-order valence-corrected chi connectivity index (χ4v) is 1.58. The van der Waals surface area contributed by atoms with Crippen molar-refractivity contribution in [2.24, 2.45) is 5.73 Å². The molecule has 0 aliphatic heterocycles. The van der Waals surface area contributed by atoms with E-state index >= 15 is 0 Å². The first-order valence-electron chi connectivity index (χ1n) is 5.04. The molecule has 0 spiro atoms. The maximum absolute atomic E-state index is 12.8. The molecule has 0 aliphatic rings. The number of carbonyl (C=O) groups excluding carboxylic acids is 1. The number of aryl methyl sites for hydroxylation is 1.